The van der Waals surface area contributed by atoms with Crippen LogP contribution in [0.3, 0.4) is 0 Å². The highest BCUT2D eigenvalue weighted by molar-refractivity contribution is 5.92. The minimum absolute atomic E-state index is 0.295. The van der Waals surface area contributed by atoms with Gasteiger partial charge in [0.05, 0.1) is 0 Å². The number of amides is 1. The van der Waals surface area contributed by atoms with Gasteiger partial charge in [-0.15, -0.1) is 0 Å². The third-order valence-electron chi connectivity index (χ3n) is 2.77. The van der Waals surface area contributed by atoms with E-state index in [0.717, 1.165) is 19.3 Å². The predicted molar refractivity (Wildman–Crippen MR) is 54.1 cm³/mol. The van der Waals surface area contributed by atoms with Crippen molar-refractivity contribution >= 4 is 5.91 Å². The van der Waals surface area contributed by atoms with Crippen LogP contribution >= 0.6 is 0 Å². The zero-order chi connectivity index (χ0) is 10.7. The molecule has 5 nitrogen and oxygen atoms in total. The van der Waals surface area contributed by atoms with Crippen LogP contribution in [0.1, 0.15) is 42.6 Å². The minimum Gasteiger partial charge on any atom is -0.371 e. The zero-order valence-electron chi connectivity index (χ0n) is 8.49. The molecule has 1 amide bonds. The highest BCUT2D eigenvalue weighted by Gasteiger charge is 2.31. The molecule has 1 heterocycles. The van der Waals surface area contributed by atoms with Gasteiger partial charge in [0.1, 0.15) is 11.4 Å². The monoisotopic (exact) mass is 209 g/mol. The summed E-state index contributed by atoms with van der Waals surface area (Å²) in [5.41, 5.74) is -0.644. The Morgan fingerprint density at radius 3 is 2.80 bits per heavy atom. The van der Waals surface area contributed by atoms with Crippen LogP contribution in [0.4, 0.5) is 0 Å². The second-order valence-corrected chi connectivity index (χ2v) is 4.02. The first kappa shape index (κ1) is 10.2. The van der Waals surface area contributed by atoms with E-state index in [1.165, 1.54) is 6.20 Å². The summed E-state index contributed by atoms with van der Waals surface area (Å²) >= 11 is 0. The number of hydrogen-bond acceptors (Lipinski definition) is 3. The molecule has 0 spiro atoms. The quantitative estimate of drug-likeness (QED) is 0.630. The molecule has 1 aromatic heterocycles. The summed E-state index contributed by atoms with van der Waals surface area (Å²) < 4.78 is 0. The molecule has 3 N–H and O–H groups in total. The molecule has 0 radical (unpaired) electrons. The Morgan fingerprint density at radius 1 is 1.47 bits per heavy atom. The first-order chi connectivity index (χ1) is 7.20. The van der Waals surface area contributed by atoms with Gasteiger partial charge in [0, 0.05) is 6.20 Å². The van der Waals surface area contributed by atoms with Crippen molar-refractivity contribution < 1.29 is 9.90 Å². The molecule has 0 bridgehead atoms. The minimum atomic E-state index is -1.03. The van der Waals surface area contributed by atoms with Crippen LogP contribution in [0, 0.1) is 0 Å². The molecule has 5 heteroatoms. The third kappa shape index (κ3) is 2.36. The number of aromatic amines is 1. The summed E-state index contributed by atoms with van der Waals surface area (Å²) in [7, 11) is 0. The summed E-state index contributed by atoms with van der Waals surface area (Å²) in [4.78, 5) is 11.6. The molecule has 1 aromatic rings. The maximum Gasteiger partial charge on any atom is 0.271 e. The van der Waals surface area contributed by atoms with E-state index in [2.05, 4.69) is 15.5 Å². The van der Waals surface area contributed by atoms with E-state index in [9.17, 15) is 9.90 Å². The molecular weight excluding hydrogens is 194 g/mol. The fraction of sp³-hybridized carbons (Fsp3) is 0.600. The number of carbonyl (C=O) groups excluding carboxylic acids is 1. The normalized spacial score (nSPS) is 19.8. The van der Waals surface area contributed by atoms with Crippen LogP contribution in [-0.2, 0) is 0 Å². The van der Waals surface area contributed by atoms with E-state index in [0.29, 0.717) is 18.5 Å². The molecule has 1 saturated carbocycles. The van der Waals surface area contributed by atoms with Crippen LogP contribution in [0.25, 0.3) is 0 Å². The Balaban J connectivity index is 1.98. The van der Waals surface area contributed by atoms with Crippen molar-refractivity contribution in [1.82, 2.24) is 15.5 Å². The summed E-state index contributed by atoms with van der Waals surface area (Å²) in [6.45, 7) is 0. The highest BCUT2D eigenvalue weighted by Crippen LogP contribution is 2.25. The van der Waals surface area contributed by atoms with Gasteiger partial charge in [-0.2, -0.15) is 5.10 Å². The van der Waals surface area contributed by atoms with Crippen molar-refractivity contribution in [3.63, 3.8) is 0 Å². The van der Waals surface area contributed by atoms with Crippen LogP contribution in [0.15, 0.2) is 12.3 Å². The van der Waals surface area contributed by atoms with Crippen molar-refractivity contribution in [2.75, 3.05) is 0 Å². The number of aromatic nitrogens is 2. The van der Waals surface area contributed by atoms with E-state index in [4.69, 9.17) is 0 Å². The Kier molecular flexibility index (Phi) is 2.73. The fourth-order valence-corrected chi connectivity index (χ4v) is 1.92. The maximum atomic E-state index is 11.6. The molecule has 0 aromatic carbocycles. The van der Waals surface area contributed by atoms with Crippen LogP contribution in [0.2, 0.25) is 0 Å². The lowest BCUT2D eigenvalue weighted by Crippen LogP contribution is -2.49. The smallest absolute Gasteiger partial charge is 0.271 e. The molecule has 1 fully saturated rings. The summed E-state index contributed by atoms with van der Waals surface area (Å²) in [5, 5.41) is 19.0. The van der Waals surface area contributed by atoms with Gasteiger partial charge < -0.3 is 10.4 Å². The van der Waals surface area contributed by atoms with E-state index in [-0.39, 0.29) is 5.91 Å². The topological polar surface area (TPSA) is 78.0 Å². The summed E-state index contributed by atoms with van der Waals surface area (Å²) in [6, 6.07) is 1.58. The van der Waals surface area contributed by atoms with Gasteiger partial charge in [-0.25, -0.2) is 0 Å². The lowest BCUT2D eigenvalue weighted by atomic mass is 9.91. The maximum absolute atomic E-state index is 11.6. The molecule has 1 aliphatic carbocycles. The highest BCUT2D eigenvalue weighted by atomic mass is 16.3. The second-order valence-electron chi connectivity index (χ2n) is 4.02. The van der Waals surface area contributed by atoms with Crippen LogP contribution in [-0.4, -0.2) is 26.9 Å². The third-order valence-corrected chi connectivity index (χ3v) is 2.77. The van der Waals surface area contributed by atoms with E-state index in [1.54, 1.807) is 6.07 Å². The molecule has 0 aliphatic heterocycles. The van der Waals surface area contributed by atoms with E-state index >= 15 is 0 Å². The number of aliphatic hydroxyl groups is 1. The van der Waals surface area contributed by atoms with Crippen molar-refractivity contribution in [3.8, 4) is 0 Å². The molecule has 0 unspecified atom stereocenters. The number of carbonyl (C=O) groups is 1. The summed E-state index contributed by atoms with van der Waals surface area (Å²) in [5.74, 6) is -0.295. The Labute approximate surface area is 87.9 Å². The van der Waals surface area contributed by atoms with Gasteiger partial charge in [-0.1, -0.05) is 6.42 Å². The van der Waals surface area contributed by atoms with Crippen LogP contribution < -0.4 is 5.32 Å². The SMILES string of the molecule is O=C(NC1(O)CCCCC1)c1ccn[nH]1. The van der Waals surface area contributed by atoms with Gasteiger partial charge >= 0.3 is 0 Å². The largest absolute Gasteiger partial charge is 0.371 e. The lowest BCUT2D eigenvalue weighted by Gasteiger charge is -2.32. The van der Waals surface area contributed by atoms with Crippen LogP contribution in [0.5, 0.6) is 0 Å². The average molecular weight is 209 g/mol. The average Bonchev–Trinajstić information content (AvgIpc) is 2.70. The molecule has 0 saturated heterocycles. The molecule has 0 atom stereocenters. The number of rotatable bonds is 2. The van der Waals surface area contributed by atoms with Gasteiger partial charge in [0.15, 0.2) is 0 Å². The second kappa shape index (κ2) is 4.02. The fourth-order valence-electron chi connectivity index (χ4n) is 1.92. The Hall–Kier alpha value is -1.36. The van der Waals surface area contributed by atoms with Crippen molar-refractivity contribution in [2.45, 2.75) is 37.8 Å². The van der Waals surface area contributed by atoms with Gasteiger partial charge in [-0.3, -0.25) is 9.89 Å². The van der Waals surface area contributed by atoms with Gasteiger partial charge in [-0.05, 0) is 31.7 Å². The van der Waals surface area contributed by atoms with E-state index in [1.807, 2.05) is 0 Å². The lowest BCUT2D eigenvalue weighted by molar-refractivity contribution is -0.0221. The van der Waals surface area contributed by atoms with Crippen molar-refractivity contribution in [2.24, 2.45) is 0 Å². The number of nitrogens with one attached hydrogen (secondary N) is 2. The molecule has 1 aliphatic rings. The van der Waals surface area contributed by atoms with Crippen molar-refractivity contribution in [3.05, 3.63) is 18.0 Å². The summed E-state index contributed by atoms with van der Waals surface area (Å²) in [6.07, 6.45) is 5.82. The van der Waals surface area contributed by atoms with E-state index < -0.39 is 5.72 Å². The molecule has 15 heavy (non-hydrogen) atoms. The first-order valence-electron chi connectivity index (χ1n) is 5.24. The Morgan fingerprint density at radius 2 is 2.20 bits per heavy atom. The molecule has 82 valence electrons. The molecule has 2 rings (SSSR count). The zero-order valence-corrected chi connectivity index (χ0v) is 8.49. The Bertz CT molecular complexity index is 328. The molecular formula is C10H15N3O2. The number of nitrogens with zero attached hydrogens (tertiary/aromatic N) is 1. The first-order valence-corrected chi connectivity index (χ1v) is 5.24. The number of H-pyrrole nitrogens is 1. The number of hydrogen-bond donors (Lipinski definition) is 3. The predicted octanol–water partition coefficient (Wildman–Crippen LogP) is 0.792. The van der Waals surface area contributed by atoms with Gasteiger partial charge in [0.25, 0.3) is 5.91 Å². The van der Waals surface area contributed by atoms with Crippen molar-refractivity contribution in [1.29, 1.82) is 0 Å². The van der Waals surface area contributed by atoms with Gasteiger partial charge in [0.2, 0.25) is 0 Å². The standard InChI is InChI=1S/C10H15N3O2/c14-9(8-4-7-11-13-8)12-10(15)5-2-1-3-6-10/h4,7,15H,1-3,5-6H2,(H,11,13)(H,12,14).